The molecule has 0 bridgehead atoms. The second-order valence-electron chi connectivity index (χ2n) is 0.220. The molecule has 0 spiro atoms. The normalized spacial score (nSPS) is 4.25. The highest BCUT2D eigenvalue weighted by atomic mass is 32.1. The van der Waals surface area contributed by atoms with Gasteiger partial charge in [0.05, 0.1) is 5.16 Å². The van der Waals surface area contributed by atoms with Gasteiger partial charge in [-0.05, 0) is 21.6 Å². The van der Waals surface area contributed by atoms with Crippen LogP contribution in [-0.2, 0) is 0 Å². The molecule has 0 N–H and O–H groups in total. The fourth-order valence-electron chi connectivity index (χ4n) is 0. The Labute approximate surface area is 32.4 Å². The van der Waals surface area contributed by atoms with E-state index in [1.165, 1.54) is 0 Å². The van der Waals surface area contributed by atoms with Crippen molar-refractivity contribution >= 4 is 26.8 Å². The number of isothiocyanates is 1. The van der Waals surface area contributed by atoms with Crippen LogP contribution in [-0.4, -0.2) is 5.16 Å². The first-order chi connectivity index (χ1) is 1.91. The largest absolute Gasteiger partial charge is 0.215 e. The summed E-state index contributed by atoms with van der Waals surface area (Å²) in [5, 5.41) is 2.10. The molecule has 0 heterocycles. The Morgan fingerprint density at radius 2 is 2.25 bits per heavy atom. The van der Waals surface area contributed by atoms with E-state index in [1.54, 1.807) is 0 Å². The van der Waals surface area contributed by atoms with E-state index in [0.717, 1.165) is 0 Å². The smallest absolute Gasteiger partial charge is 0.0618 e. The average Bonchev–Trinajstić information content (AvgIpc) is 1.37. The zero-order valence-electron chi connectivity index (χ0n) is 1.93. The van der Waals surface area contributed by atoms with Gasteiger partial charge in [-0.2, -0.15) is 0 Å². The Kier molecular flexibility index (Phi) is 3.42. The molecule has 0 radical (unpaired) electrons. The summed E-state index contributed by atoms with van der Waals surface area (Å²) >= 11 is 4.12. The van der Waals surface area contributed by atoms with E-state index < -0.39 is 0 Å². The van der Waals surface area contributed by atoms with Crippen LogP contribution >= 0.6 is 21.6 Å². The molecule has 0 saturated heterocycles. The Bertz CT molecular complexity index is 46.0. The lowest BCUT2D eigenvalue weighted by Crippen LogP contribution is -1.15. The van der Waals surface area contributed by atoms with Gasteiger partial charge in [0.15, 0.2) is 0 Å². The lowest BCUT2D eigenvalue weighted by atomic mass is 11.8. The van der Waals surface area contributed by atoms with Gasteiger partial charge >= 0.3 is 0 Å². The summed E-state index contributed by atoms with van der Waals surface area (Å²) < 4.78 is 3.22. The number of thiocarbonyl (C=S) groups is 1. The Hall–Kier alpha value is 0.230. The number of rotatable bonds is 0. The molecule has 1 atom stereocenters. The zero-order chi connectivity index (χ0) is 3.41. The minimum absolute atomic E-state index is 2.06. The summed E-state index contributed by atoms with van der Waals surface area (Å²) in [6.07, 6.45) is 0. The van der Waals surface area contributed by atoms with Crippen molar-refractivity contribution in [3.63, 3.8) is 0 Å². The summed E-state index contributed by atoms with van der Waals surface area (Å²) in [4.78, 5) is 0. The molecule has 22 valence electrons. The average molecular weight is 91.1 g/mol. The van der Waals surface area contributed by atoms with Crippen molar-refractivity contribution in [3.05, 3.63) is 0 Å². The van der Waals surface area contributed by atoms with Gasteiger partial charge < -0.3 is 0 Å². The van der Waals surface area contributed by atoms with E-state index >= 15 is 0 Å². The number of hydrogen-bond acceptors (Lipinski definition) is 2. The van der Waals surface area contributed by atoms with Crippen molar-refractivity contribution in [2.45, 2.75) is 0 Å². The lowest BCUT2D eigenvalue weighted by Gasteiger charge is -1.39. The van der Waals surface area contributed by atoms with Crippen LogP contribution in [0, 0.1) is 0 Å². The van der Waals surface area contributed by atoms with E-state index in [1.807, 2.05) is 0 Å². The molecule has 0 rings (SSSR count). The highest BCUT2D eigenvalue weighted by Crippen LogP contribution is 1.70. The van der Waals surface area contributed by atoms with Gasteiger partial charge in [0.1, 0.15) is 0 Å². The summed E-state index contributed by atoms with van der Waals surface area (Å²) in [7, 11) is 2.06. The summed E-state index contributed by atoms with van der Waals surface area (Å²) in [6.45, 7) is 0. The van der Waals surface area contributed by atoms with Crippen molar-refractivity contribution in [3.8, 4) is 0 Å². The van der Waals surface area contributed by atoms with Crippen LogP contribution in [0.4, 0.5) is 0 Å². The monoisotopic (exact) mass is 91.0 g/mol. The molecule has 1 unspecified atom stereocenters. The number of nitrogens with zero attached hydrogens (tertiary/aromatic N) is 1. The van der Waals surface area contributed by atoms with E-state index in [4.69, 9.17) is 0 Å². The van der Waals surface area contributed by atoms with Crippen molar-refractivity contribution in [2.24, 2.45) is 4.76 Å². The van der Waals surface area contributed by atoms with Crippen LogP contribution in [0.5, 0.6) is 0 Å². The first-order valence-corrected chi connectivity index (χ1v) is 1.61. The Morgan fingerprint density at radius 3 is 2.25 bits per heavy atom. The molecule has 0 aliphatic rings. The fourth-order valence-corrected chi connectivity index (χ4v) is 0. The van der Waals surface area contributed by atoms with E-state index in [2.05, 4.69) is 31.5 Å². The van der Waals surface area contributed by atoms with Gasteiger partial charge in [0, 0.05) is 0 Å². The molecular formula is CH2NPS. The zero-order valence-corrected chi connectivity index (χ0v) is 3.90. The first-order valence-electron chi connectivity index (χ1n) is 0.686. The van der Waals surface area contributed by atoms with Crippen molar-refractivity contribution in [1.29, 1.82) is 0 Å². The lowest BCUT2D eigenvalue weighted by molar-refractivity contribution is 2.05. The molecule has 3 heteroatoms. The predicted octanol–water partition coefficient (Wildman–Crippen LogP) is 0.879. The van der Waals surface area contributed by atoms with E-state index in [9.17, 15) is 0 Å². The third kappa shape index (κ3) is 2.23. The van der Waals surface area contributed by atoms with Crippen molar-refractivity contribution < 1.29 is 0 Å². The molecule has 0 aliphatic heterocycles. The molecule has 1 nitrogen and oxygen atoms in total. The maximum atomic E-state index is 4.12. The van der Waals surface area contributed by atoms with Gasteiger partial charge in [-0.15, -0.1) is 0 Å². The van der Waals surface area contributed by atoms with Crippen LogP contribution in [0.15, 0.2) is 4.76 Å². The number of hydrogen-bond donors (Lipinski definition) is 0. The second-order valence-corrected chi connectivity index (χ2v) is 0.661. The van der Waals surface area contributed by atoms with Gasteiger partial charge in [-0.3, -0.25) is 0 Å². The highest BCUT2D eigenvalue weighted by molar-refractivity contribution is 7.78. The van der Waals surface area contributed by atoms with Gasteiger partial charge in [-0.25, -0.2) is 4.76 Å². The molecule has 0 amide bonds. The quantitative estimate of drug-likeness (QED) is 0.245. The summed E-state index contributed by atoms with van der Waals surface area (Å²) in [5.74, 6) is 0. The molecular weight excluding hydrogens is 89.1 g/mol. The SMILES string of the molecule is PN=C=S. The molecule has 0 aromatic heterocycles. The fraction of sp³-hybridized carbons (Fsp3) is 0. The summed E-state index contributed by atoms with van der Waals surface area (Å²) in [6, 6.07) is 0. The predicted molar refractivity (Wildman–Crippen MR) is 24.7 cm³/mol. The molecule has 0 aromatic rings. The van der Waals surface area contributed by atoms with E-state index in [-0.39, 0.29) is 0 Å². The van der Waals surface area contributed by atoms with Crippen LogP contribution in [0.1, 0.15) is 0 Å². The molecule has 4 heavy (non-hydrogen) atoms. The topological polar surface area (TPSA) is 12.4 Å². The molecule has 0 saturated carbocycles. The minimum Gasteiger partial charge on any atom is -0.215 e. The van der Waals surface area contributed by atoms with Crippen LogP contribution in [0.25, 0.3) is 0 Å². The molecule has 0 fully saturated rings. The highest BCUT2D eigenvalue weighted by Gasteiger charge is 1.24. The Morgan fingerprint density at radius 1 is 2.00 bits per heavy atom. The summed E-state index contributed by atoms with van der Waals surface area (Å²) in [5.41, 5.74) is 0. The van der Waals surface area contributed by atoms with Gasteiger partial charge in [-0.1, -0.05) is 0 Å². The van der Waals surface area contributed by atoms with Crippen molar-refractivity contribution in [2.75, 3.05) is 0 Å². The standard InChI is InChI=1S/CH2NPS/c3-2-1-4/h3H2. The maximum Gasteiger partial charge on any atom is 0.0618 e. The third-order valence-corrected chi connectivity index (χ3v) is 0.474. The minimum atomic E-state index is 2.06. The maximum absolute atomic E-state index is 4.12. The van der Waals surface area contributed by atoms with Crippen LogP contribution in [0.3, 0.4) is 0 Å². The van der Waals surface area contributed by atoms with Crippen LogP contribution in [0.2, 0.25) is 0 Å². The van der Waals surface area contributed by atoms with Crippen LogP contribution < -0.4 is 0 Å². The van der Waals surface area contributed by atoms with E-state index in [0.29, 0.717) is 0 Å². The Balaban J connectivity index is 3.11. The first kappa shape index (κ1) is 4.23. The van der Waals surface area contributed by atoms with Gasteiger partial charge in [0.25, 0.3) is 0 Å². The third-order valence-electron chi connectivity index (χ3n) is 0.0527. The van der Waals surface area contributed by atoms with Gasteiger partial charge in [0.2, 0.25) is 0 Å². The van der Waals surface area contributed by atoms with Crippen molar-refractivity contribution in [1.82, 2.24) is 0 Å². The molecule has 0 aliphatic carbocycles. The second kappa shape index (κ2) is 3.23. The molecule has 0 aromatic carbocycles.